The molecule has 2 fully saturated rings. The van der Waals surface area contributed by atoms with Crippen molar-refractivity contribution in [3.05, 3.63) is 0 Å². The van der Waals surface area contributed by atoms with Crippen molar-refractivity contribution in [2.45, 2.75) is 24.9 Å². The van der Waals surface area contributed by atoms with Gasteiger partial charge in [0.1, 0.15) is 0 Å². The number of nitrogens with two attached hydrogens (primary N) is 1. The second kappa shape index (κ2) is 2.98. The maximum Gasteiger partial charge on any atom is 0.0836 e. The maximum atomic E-state index is 8.67. The van der Waals surface area contributed by atoms with Crippen LogP contribution in [0.25, 0.3) is 0 Å². The lowest BCUT2D eigenvalue weighted by molar-refractivity contribution is -0.0620. The van der Waals surface area contributed by atoms with E-state index in [1.165, 1.54) is 12.8 Å². The minimum Gasteiger partial charge on any atom is -0.394 e. The Balaban J connectivity index is 1.94. The number of hydrogen-bond donors (Lipinski definition) is 2. The second-order valence-electron chi connectivity index (χ2n) is 3.98. The third kappa shape index (κ3) is 1.16. The molecule has 3 nitrogen and oxygen atoms in total. The Morgan fingerprint density at radius 3 is 2.83 bits per heavy atom. The number of rotatable bonds is 4. The summed E-state index contributed by atoms with van der Waals surface area (Å²) in [7, 11) is 0. The summed E-state index contributed by atoms with van der Waals surface area (Å²) in [6.07, 6.45) is 3.66. The fourth-order valence-electron chi connectivity index (χ4n) is 2.57. The smallest absolute Gasteiger partial charge is 0.0836 e. The van der Waals surface area contributed by atoms with Crippen molar-refractivity contribution in [1.29, 1.82) is 0 Å². The predicted molar refractivity (Wildman–Crippen MR) is 45.7 cm³/mol. The number of aliphatic hydroxyl groups excluding tert-OH is 1. The highest BCUT2D eigenvalue weighted by atomic mass is 16.5. The molecule has 12 heavy (non-hydrogen) atoms. The molecular weight excluding hydrogens is 154 g/mol. The van der Waals surface area contributed by atoms with Gasteiger partial charge >= 0.3 is 0 Å². The molecule has 0 aromatic rings. The summed E-state index contributed by atoms with van der Waals surface area (Å²) in [5.41, 5.74) is 5.66. The monoisotopic (exact) mass is 171 g/mol. The van der Waals surface area contributed by atoms with E-state index in [9.17, 15) is 0 Å². The first-order chi connectivity index (χ1) is 5.82. The minimum absolute atomic E-state index is 0.0621. The molecule has 2 saturated carbocycles. The van der Waals surface area contributed by atoms with Gasteiger partial charge in [0.2, 0.25) is 0 Å². The van der Waals surface area contributed by atoms with Crippen molar-refractivity contribution in [3.8, 4) is 0 Å². The third-order valence-electron chi connectivity index (χ3n) is 3.36. The van der Waals surface area contributed by atoms with Crippen molar-refractivity contribution in [2.75, 3.05) is 19.8 Å². The van der Waals surface area contributed by atoms with Gasteiger partial charge in [0, 0.05) is 6.54 Å². The van der Waals surface area contributed by atoms with Crippen LogP contribution in [-0.4, -0.2) is 30.5 Å². The SMILES string of the molecule is NCC1(OCCO)CCC2CC21. The van der Waals surface area contributed by atoms with Gasteiger partial charge in [-0.3, -0.25) is 0 Å². The molecule has 70 valence electrons. The summed E-state index contributed by atoms with van der Waals surface area (Å²) < 4.78 is 5.67. The van der Waals surface area contributed by atoms with E-state index in [-0.39, 0.29) is 12.2 Å². The van der Waals surface area contributed by atoms with Gasteiger partial charge in [0.15, 0.2) is 0 Å². The standard InChI is InChI=1S/C9H17NO2/c10-6-9(12-4-3-11)2-1-7-5-8(7)9/h7-8,11H,1-6,10H2. The van der Waals surface area contributed by atoms with Gasteiger partial charge in [-0.25, -0.2) is 0 Å². The van der Waals surface area contributed by atoms with E-state index in [4.69, 9.17) is 15.6 Å². The minimum atomic E-state index is -0.0621. The van der Waals surface area contributed by atoms with Crippen molar-refractivity contribution in [3.63, 3.8) is 0 Å². The van der Waals surface area contributed by atoms with Crippen LogP contribution in [0.5, 0.6) is 0 Å². The van der Waals surface area contributed by atoms with Crippen LogP contribution in [0.1, 0.15) is 19.3 Å². The molecule has 0 amide bonds. The lowest BCUT2D eigenvalue weighted by Gasteiger charge is -2.29. The largest absolute Gasteiger partial charge is 0.394 e. The maximum absolute atomic E-state index is 8.67. The van der Waals surface area contributed by atoms with Crippen molar-refractivity contribution >= 4 is 0 Å². The molecular formula is C9H17NO2. The molecule has 0 spiro atoms. The van der Waals surface area contributed by atoms with E-state index in [0.717, 1.165) is 12.3 Å². The predicted octanol–water partition coefficient (Wildman–Crippen LogP) is 0.123. The summed E-state index contributed by atoms with van der Waals surface area (Å²) in [5.74, 6) is 1.58. The molecule has 3 N–H and O–H groups in total. The summed E-state index contributed by atoms with van der Waals surface area (Å²) in [4.78, 5) is 0. The van der Waals surface area contributed by atoms with Gasteiger partial charge in [-0.15, -0.1) is 0 Å². The Bertz CT molecular complexity index is 174. The first-order valence-corrected chi connectivity index (χ1v) is 4.77. The van der Waals surface area contributed by atoms with Crippen LogP contribution in [0.3, 0.4) is 0 Å². The first-order valence-electron chi connectivity index (χ1n) is 4.77. The highest BCUT2D eigenvalue weighted by molar-refractivity contribution is 5.09. The van der Waals surface area contributed by atoms with E-state index in [0.29, 0.717) is 19.1 Å². The molecule has 2 rings (SSSR count). The zero-order chi connectivity index (χ0) is 8.60. The Morgan fingerprint density at radius 2 is 2.42 bits per heavy atom. The highest BCUT2D eigenvalue weighted by Gasteiger charge is 2.57. The van der Waals surface area contributed by atoms with Gasteiger partial charge < -0.3 is 15.6 Å². The molecule has 3 atom stereocenters. The third-order valence-corrected chi connectivity index (χ3v) is 3.36. The average molecular weight is 171 g/mol. The molecule has 0 radical (unpaired) electrons. The molecule has 3 heteroatoms. The number of aliphatic hydroxyl groups is 1. The topological polar surface area (TPSA) is 55.5 Å². The Labute approximate surface area is 72.9 Å². The van der Waals surface area contributed by atoms with Gasteiger partial charge in [0.05, 0.1) is 18.8 Å². The Hall–Kier alpha value is -0.120. The molecule has 0 aromatic heterocycles. The van der Waals surface area contributed by atoms with E-state index in [1.807, 2.05) is 0 Å². The molecule has 0 aromatic carbocycles. The number of ether oxygens (including phenoxy) is 1. The van der Waals surface area contributed by atoms with Crippen molar-refractivity contribution < 1.29 is 9.84 Å². The quantitative estimate of drug-likeness (QED) is 0.632. The number of hydrogen-bond acceptors (Lipinski definition) is 3. The highest BCUT2D eigenvalue weighted by Crippen LogP contribution is 2.58. The molecule has 3 unspecified atom stereocenters. The van der Waals surface area contributed by atoms with Gasteiger partial charge in [-0.2, -0.15) is 0 Å². The van der Waals surface area contributed by atoms with E-state index in [1.54, 1.807) is 0 Å². The lowest BCUT2D eigenvalue weighted by atomic mass is 9.97. The average Bonchev–Trinajstić information content (AvgIpc) is 2.81. The second-order valence-corrected chi connectivity index (χ2v) is 3.98. The molecule has 0 aliphatic heterocycles. The van der Waals surface area contributed by atoms with Crippen LogP contribution >= 0.6 is 0 Å². The lowest BCUT2D eigenvalue weighted by Crippen LogP contribution is -2.41. The van der Waals surface area contributed by atoms with Crippen LogP contribution in [0.2, 0.25) is 0 Å². The van der Waals surface area contributed by atoms with Crippen LogP contribution in [0, 0.1) is 11.8 Å². The molecule has 2 aliphatic rings. The first kappa shape index (κ1) is 8.48. The zero-order valence-electron chi connectivity index (χ0n) is 7.33. The Morgan fingerprint density at radius 1 is 1.58 bits per heavy atom. The molecule has 0 saturated heterocycles. The zero-order valence-corrected chi connectivity index (χ0v) is 7.33. The summed E-state index contributed by atoms with van der Waals surface area (Å²) in [6, 6.07) is 0. The fraction of sp³-hybridized carbons (Fsp3) is 1.00. The van der Waals surface area contributed by atoms with Crippen molar-refractivity contribution in [2.24, 2.45) is 17.6 Å². The van der Waals surface area contributed by atoms with E-state index >= 15 is 0 Å². The van der Waals surface area contributed by atoms with Crippen molar-refractivity contribution in [1.82, 2.24) is 0 Å². The van der Waals surface area contributed by atoms with Crippen LogP contribution < -0.4 is 5.73 Å². The molecule has 0 heterocycles. The molecule has 0 bridgehead atoms. The van der Waals surface area contributed by atoms with Crippen LogP contribution in [0.4, 0.5) is 0 Å². The normalized spacial score (nSPS) is 44.5. The number of fused-ring (bicyclic) bond motifs is 1. The summed E-state index contributed by atoms with van der Waals surface area (Å²) in [5, 5.41) is 8.67. The van der Waals surface area contributed by atoms with Gasteiger partial charge in [-0.1, -0.05) is 0 Å². The van der Waals surface area contributed by atoms with Crippen LogP contribution in [0.15, 0.2) is 0 Å². The molecule has 2 aliphatic carbocycles. The van der Waals surface area contributed by atoms with Gasteiger partial charge in [0.25, 0.3) is 0 Å². The summed E-state index contributed by atoms with van der Waals surface area (Å²) >= 11 is 0. The Kier molecular flexibility index (Phi) is 2.10. The van der Waals surface area contributed by atoms with E-state index < -0.39 is 0 Å². The van der Waals surface area contributed by atoms with E-state index in [2.05, 4.69) is 0 Å². The fourth-order valence-corrected chi connectivity index (χ4v) is 2.57. The summed E-state index contributed by atoms with van der Waals surface area (Å²) in [6.45, 7) is 1.17. The van der Waals surface area contributed by atoms with Gasteiger partial charge in [-0.05, 0) is 31.1 Å². The van der Waals surface area contributed by atoms with Crippen LogP contribution in [-0.2, 0) is 4.74 Å².